The number of aromatic nitrogens is 2. The van der Waals surface area contributed by atoms with Gasteiger partial charge in [-0.15, -0.1) is 0 Å². The maximum atomic E-state index is 13.7. The minimum atomic E-state index is -1.00. The molecule has 0 spiro atoms. The number of hydrogen-bond donors (Lipinski definition) is 5. The van der Waals surface area contributed by atoms with E-state index in [-0.39, 0.29) is 43.3 Å². The number of carbonyl (C=O) groups is 2. The lowest BCUT2D eigenvalue weighted by Gasteiger charge is -2.39. The van der Waals surface area contributed by atoms with Crippen LogP contribution in [-0.2, 0) is 6.54 Å². The Hall–Kier alpha value is -4.38. The van der Waals surface area contributed by atoms with Crippen molar-refractivity contribution in [2.24, 2.45) is 0 Å². The second-order valence-electron chi connectivity index (χ2n) is 11.0. The molecule has 1 aliphatic rings. The standard InChI is InChI=1S/C32H41N5O6/c1-5-37(25-9-7-24(8-10-25)36-32(41)42)28-16-23(22-6-11-29(33-17-22)43-13-12-38)15-26(21(28)4)30(39)34-18-27-19(2)14-20(3)35-31(27)40/h6,11,14-17,24-25,36,38H,5,7-10,12-13,18H2,1-4H3,(H,34,39)(H,35,40)(H,41,42)/t24-,25-. The number of aliphatic hydroxyl groups excluding tert-OH is 1. The van der Waals surface area contributed by atoms with Crippen LogP contribution >= 0.6 is 0 Å². The number of rotatable bonds is 11. The van der Waals surface area contributed by atoms with E-state index >= 15 is 0 Å². The van der Waals surface area contributed by atoms with Crippen molar-refractivity contribution >= 4 is 17.7 Å². The number of pyridine rings is 2. The van der Waals surface area contributed by atoms with Crippen molar-refractivity contribution in [1.82, 2.24) is 20.6 Å². The van der Waals surface area contributed by atoms with Crippen molar-refractivity contribution < 1.29 is 24.5 Å². The van der Waals surface area contributed by atoms with Crippen LogP contribution in [0, 0.1) is 20.8 Å². The second-order valence-corrected chi connectivity index (χ2v) is 11.0. The van der Waals surface area contributed by atoms with Crippen molar-refractivity contribution in [2.45, 2.75) is 72.0 Å². The van der Waals surface area contributed by atoms with E-state index in [0.29, 0.717) is 23.6 Å². The van der Waals surface area contributed by atoms with Gasteiger partial charge in [0.2, 0.25) is 5.88 Å². The van der Waals surface area contributed by atoms with Gasteiger partial charge in [0.05, 0.1) is 6.61 Å². The van der Waals surface area contributed by atoms with E-state index in [4.69, 9.17) is 14.9 Å². The van der Waals surface area contributed by atoms with Crippen LogP contribution in [-0.4, -0.2) is 64.0 Å². The molecule has 0 radical (unpaired) electrons. The molecular weight excluding hydrogens is 550 g/mol. The molecular formula is C32H41N5O6. The molecule has 0 aliphatic heterocycles. The molecule has 230 valence electrons. The summed E-state index contributed by atoms with van der Waals surface area (Å²) in [5.41, 5.74) is 5.70. The first kappa shape index (κ1) is 31.6. The Kier molecular flexibility index (Phi) is 10.4. The van der Waals surface area contributed by atoms with Crippen molar-refractivity contribution in [3.05, 3.63) is 74.8 Å². The van der Waals surface area contributed by atoms with Gasteiger partial charge in [0.25, 0.3) is 11.5 Å². The molecule has 0 saturated heterocycles. The van der Waals surface area contributed by atoms with E-state index in [2.05, 4.69) is 38.5 Å². The third kappa shape index (κ3) is 7.72. The summed E-state index contributed by atoms with van der Waals surface area (Å²) in [6.45, 7) is 8.52. The number of benzene rings is 1. The minimum absolute atomic E-state index is 0.0627. The Morgan fingerprint density at radius 1 is 1.09 bits per heavy atom. The summed E-state index contributed by atoms with van der Waals surface area (Å²) in [6.07, 6.45) is 3.79. The fourth-order valence-electron chi connectivity index (χ4n) is 5.88. The Bertz CT molecular complexity index is 1500. The summed E-state index contributed by atoms with van der Waals surface area (Å²) in [5, 5.41) is 23.8. The number of nitrogens with one attached hydrogen (secondary N) is 3. The highest BCUT2D eigenvalue weighted by Gasteiger charge is 2.28. The van der Waals surface area contributed by atoms with Crippen molar-refractivity contribution in [3.63, 3.8) is 0 Å². The first-order valence-corrected chi connectivity index (χ1v) is 14.7. The summed E-state index contributed by atoms with van der Waals surface area (Å²) in [5.74, 6) is 0.102. The molecule has 4 rings (SSSR count). The number of carboxylic acid groups (broad SMARTS) is 1. The van der Waals surface area contributed by atoms with Gasteiger partial charge >= 0.3 is 6.09 Å². The van der Waals surface area contributed by atoms with E-state index in [1.807, 2.05) is 39.0 Å². The van der Waals surface area contributed by atoms with Crippen LogP contribution < -0.4 is 25.8 Å². The molecule has 2 aromatic heterocycles. The van der Waals surface area contributed by atoms with Gasteiger partial charge in [0, 0.05) is 65.5 Å². The average molecular weight is 592 g/mol. The van der Waals surface area contributed by atoms with Crippen LogP contribution in [0.1, 0.15) is 65.3 Å². The fourth-order valence-corrected chi connectivity index (χ4v) is 5.88. The number of aliphatic hydroxyl groups is 1. The lowest BCUT2D eigenvalue weighted by Crippen LogP contribution is -2.44. The third-order valence-corrected chi connectivity index (χ3v) is 8.07. The molecule has 1 saturated carbocycles. The largest absolute Gasteiger partial charge is 0.475 e. The lowest BCUT2D eigenvalue weighted by molar-refractivity contribution is 0.0950. The minimum Gasteiger partial charge on any atom is -0.475 e. The maximum absolute atomic E-state index is 13.7. The Morgan fingerprint density at radius 3 is 2.44 bits per heavy atom. The van der Waals surface area contributed by atoms with Crippen LogP contribution in [0.5, 0.6) is 5.88 Å². The third-order valence-electron chi connectivity index (χ3n) is 8.07. The first-order chi connectivity index (χ1) is 20.6. The van der Waals surface area contributed by atoms with Crippen LogP contribution in [0.4, 0.5) is 10.5 Å². The van der Waals surface area contributed by atoms with Crippen molar-refractivity contribution in [1.29, 1.82) is 0 Å². The summed E-state index contributed by atoms with van der Waals surface area (Å²) in [7, 11) is 0. The van der Waals surface area contributed by atoms with Crippen molar-refractivity contribution in [3.8, 4) is 17.0 Å². The quantitative estimate of drug-likeness (QED) is 0.223. The highest BCUT2D eigenvalue weighted by atomic mass is 16.5. The molecule has 43 heavy (non-hydrogen) atoms. The normalized spacial score (nSPS) is 16.4. The van der Waals surface area contributed by atoms with Gasteiger partial charge in [-0.3, -0.25) is 9.59 Å². The molecule has 2 heterocycles. The molecule has 1 aromatic carbocycles. The number of aryl methyl sites for hydroxylation is 2. The zero-order valence-corrected chi connectivity index (χ0v) is 25.2. The van der Waals surface area contributed by atoms with Crippen LogP contribution in [0.2, 0.25) is 0 Å². The van der Waals surface area contributed by atoms with Crippen LogP contribution in [0.25, 0.3) is 11.1 Å². The number of aromatic amines is 1. The number of H-pyrrole nitrogens is 1. The summed E-state index contributed by atoms with van der Waals surface area (Å²) < 4.78 is 5.42. The summed E-state index contributed by atoms with van der Waals surface area (Å²) in [6, 6.07) is 9.50. The number of nitrogens with zero attached hydrogens (tertiary/aromatic N) is 2. The summed E-state index contributed by atoms with van der Waals surface area (Å²) >= 11 is 0. The van der Waals surface area contributed by atoms with Crippen LogP contribution in [0.3, 0.4) is 0 Å². The Morgan fingerprint density at radius 2 is 1.84 bits per heavy atom. The Labute approximate surface area is 251 Å². The van der Waals surface area contributed by atoms with E-state index in [1.165, 1.54) is 0 Å². The summed E-state index contributed by atoms with van der Waals surface area (Å²) in [4.78, 5) is 46.9. The van der Waals surface area contributed by atoms with Gasteiger partial charge in [-0.05, 0) is 94.3 Å². The molecule has 0 atom stereocenters. The van der Waals surface area contributed by atoms with E-state index in [1.54, 1.807) is 12.3 Å². The van der Waals surface area contributed by atoms with Gasteiger partial charge in [0.15, 0.2) is 0 Å². The smallest absolute Gasteiger partial charge is 0.404 e. The monoisotopic (exact) mass is 591 g/mol. The highest BCUT2D eigenvalue weighted by Crippen LogP contribution is 2.35. The SMILES string of the molecule is CCN(c1cc(-c2ccc(OCCO)nc2)cc(C(=O)NCc2c(C)cc(C)[nH]c2=O)c1C)[C@H]1CC[C@H](NC(=O)O)CC1. The molecule has 1 fully saturated rings. The van der Waals surface area contributed by atoms with Gasteiger partial charge in [0.1, 0.15) is 6.61 Å². The molecule has 0 bridgehead atoms. The number of ether oxygens (including phenoxy) is 1. The topological polar surface area (TPSA) is 157 Å². The zero-order valence-electron chi connectivity index (χ0n) is 25.2. The number of hydrogen-bond acceptors (Lipinski definition) is 7. The van der Waals surface area contributed by atoms with E-state index in [9.17, 15) is 14.4 Å². The Balaban J connectivity index is 1.68. The fraction of sp³-hybridized carbons (Fsp3) is 0.438. The zero-order chi connectivity index (χ0) is 31.1. The van der Waals surface area contributed by atoms with Crippen molar-refractivity contribution in [2.75, 3.05) is 24.7 Å². The molecule has 5 N–H and O–H groups in total. The van der Waals surface area contributed by atoms with E-state index < -0.39 is 6.09 Å². The highest BCUT2D eigenvalue weighted by molar-refractivity contribution is 5.99. The number of anilines is 1. The lowest BCUT2D eigenvalue weighted by atomic mass is 9.89. The maximum Gasteiger partial charge on any atom is 0.404 e. The molecule has 1 aliphatic carbocycles. The molecule has 3 aromatic rings. The second kappa shape index (κ2) is 14.2. The van der Waals surface area contributed by atoms with Crippen LogP contribution in [0.15, 0.2) is 41.3 Å². The van der Waals surface area contributed by atoms with Gasteiger partial charge in [-0.2, -0.15) is 0 Å². The average Bonchev–Trinajstić information content (AvgIpc) is 2.97. The molecule has 11 heteroatoms. The van der Waals surface area contributed by atoms with E-state index in [0.717, 1.165) is 59.3 Å². The molecule has 2 amide bonds. The molecule has 11 nitrogen and oxygen atoms in total. The first-order valence-electron chi connectivity index (χ1n) is 14.7. The predicted molar refractivity (Wildman–Crippen MR) is 165 cm³/mol. The van der Waals surface area contributed by atoms with Gasteiger partial charge in [-0.1, -0.05) is 0 Å². The predicted octanol–water partition coefficient (Wildman–Crippen LogP) is 4.07. The van der Waals surface area contributed by atoms with Gasteiger partial charge in [-0.25, -0.2) is 9.78 Å². The number of amides is 2. The van der Waals surface area contributed by atoms with Gasteiger partial charge < -0.3 is 35.5 Å². The number of carbonyl (C=O) groups excluding carboxylic acids is 1. The molecule has 0 unspecified atom stereocenters.